The Kier molecular flexibility index (Phi) is 3.56. The Morgan fingerprint density at radius 1 is 1.53 bits per heavy atom. The summed E-state index contributed by atoms with van der Waals surface area (Å²) < 4.78 is 5.01. The number of ether oxygens (including phenoxy) is 1. The number of hydrogen-bond donors (Lipinski definition) is 2. The van der Waals surface area contributed by atoms with Gasteiger partial charge in [0.2, 0.25) is 0 Å². The zero-order valence-electron chi connectivity index (χ0n) is 8.95. The third-order valence-electron chi connectivity index (χ3n) is 3.20. The first kappa shape index (κ1) is 10.9. The Morgan fingerprint density at radius 3 is 2.93 bits per heavy atom. The second-order valence-corrected chi connectivity index (χ2v) is 4.15. The molecule has 3 N–H and O–H groups in total. The number of nitrogens with zero attached hydrogens (tertiary/aromatic N) is 1. The molecule has 0 aromatic rings. The molecule has 0 aromatic carbocycles. The number of cyclic esters (lactones) is 1. The molecule has 2 atom stereocenters. The van der Waals surface area contributed by atoms with E-state index in [9.17, 15) is 4.79 Å². The van der Waals surface area contributed by atoms with Gasteiger partial charge in [0.15, 0.2) is 0 Å². The van der Waals surface area contributed by atoms with Gasteiger partial charge in [-0.3, -0.25) is 9.69 Å². The quantitative estimate of drug-likeness (QED) is 0.582. The zero-order chi connectivity index (χ0) is 10.7. The summed E-state index contributed by atoms with van der Waals surface area (Å²) in [4.78, 5) is 13.7. The molecule has 0 radical (unpaired) electrons. The summed E-state index contributed by atoms with van der Waals surface area (Å²) in [6, 6.07) is 0.391. The predicted octanol–water partition coefficient (Wildman–Crippen LogP) is -1.08. The highest BCUT2D eigenvalue weighted by atomic mass is 16.5. The number of rotatable bonds is 4. The van der Waals surface area contributed by atoms with Crippen molar-refractivity contribution in [2.75, 3.05) is 32.8 Å². The van der Waals surface area contributed by atoms with E-state index in [2.05, 4.69) is 10.2 Å². The van der Waals surface area contributed by atoms with E-state index < -0.39 is 0 Å². The third kappa shape index (κ3) is 2.30. The van der Waals surface area contributed by atoms with Crippen LogP contribution in [-0.2, 0) is 9.53 Å². The highest BCUT2D eigenvalue weighted by Crippen LogP contribution is 2.19. The van der Waals surface area contributed by atoms with Gasteiger partial charge in [-0.25, -0.2) is 0 Å². The van der Waals surface area contributed by atoms with Crippen LogP contribution in [0.5, 0.6) is 0 Å². The second kappa shape index (κ2) is 4.92. The number of carbonyl (C=O) groups is 1. The maximum atomic E-state index is 11.5. The van der Waals surface area contributed by atoms with E-state index in [0.717, 1.165) is 32.5 Å². The van der Waals surface area contributed by atoms with Gasteiger partial charge in [-0.15, -0.1) is 0 Å². The Hall–Kier alpha value is -0.650. The lowest BCUT2D eigenvalue weighted by molar-refractivity contribution is -0.142. The van der Waals surface area contributed by atoms with Crippen LogP contribution < -0.4 is 11.1 Å². The van der Waals surface area contributed by atoms with Crippen molar-refractivity contribution < 1.29 is 9.53 Å². The lowest BCUT2D eigenvalue weighted by atomic mass is 10.1. The van der Waals surface area contributed by atoms with E-state index in [1.54, 1.807) is 0 Å². The number of esters is 1. The molecule has 2 saturated heterocycles. The Balaban J connectivity index is 2.00. The monoisotopic (exact) mass is 213 g/mol. The molecule has 2 rings (SSSR count). The van der Waals surface area contributed by atoms with Crippen LogP contribution >= 0.6 is 0 Å². The molecule has 0 spiro atoms. The lowest BCUT2D eigenvalue weighted by Crippen LogP contribution is -2.48. The molecule has 2 heterocycles. The van der Waals surface area contributed by atoms with Crippen molar-refractivity contribution in [2.24, 2.45) is 5.73 Å². The van der Waals surface area contributed by atoms with E-state index in [1.807, 2.05) is 0 Å². The summed E-state index contributed by atoms with van der Waals surface area (Å²) in [5, 5.41) is 3.31. The molecule has 5 heteroatoms. The van der Waals surface area contributed by atoms with Gasteiger partial charge in [0.05, 0.1) is 6.61 Å². The van der Waals surface area contributed by atoms with Crippen LogP contribution in [0.25, 0.3) is 0 Å². The van der Waals surface area contributed by atoms with Gasteiger partial charge in [-0.2, -0.15) is 0 Å². The number of hydrogen-bond acceptors (Lipinski definition) is 5. The van der Waals surface area contributed by atoms with Crippen molar-refractivity contribution in [1.82, 2.24) is 10.2 Å². The zero-order valence-corrected chi connectivity index (χ0v) is 8.95. The van der Waals surface area contributed by atoms with E-state index in [0.29, 0.717) is 19.2 Å². The van der Waals surface area contributed by atoms with Crippen molar-refractivity contribution in [2.45, 2.75) is 24.9 Å². The van der Waals surface area contributed by atoms with Gasteiger partial charge < -0.3 is 15.8 Å². The number of nitrogens with one attached hydrogen (secondary N) is 1. The Bertz CT molecular complexity index is 229. The minimum atomic E-state index is -0.0737. The Labute approximate surface area is 89.9 Å². The number of nitrogens with two attached hydrogens (primary N) is 1. The van der Waals surface area contributed by atoms with Crippen molar-refractivity contribution in [3.05, 3.63) is 0 Å². The fourth-order valence-electron chi connectivity index (χ4n) is 2.45. The normalized spacial score (nSPS) is 31.2. The Morgan fingerprint density at radius 2 is 2.40 bits per heavy atom. The summed E-state index contributed by atoms with van der Waals surface area (Å²) in [5.74, 6) is -0.0737. The topological polar surface area (TPSA) is 67.6 Å². The van der Waals surface area contributed by atoms with Crippen LogP contribution in [0.2, 0.25) is 0 Å². The van der Waals surface area contributed by atoms with Crippen LogP contribution in [0.15, 0.2) is 0 Å². The second-order valence-electron chi connectivity index (χ2n) is 4.15. The van der Waals surface area contributed by atoms with Crippen LogP contribution in [-0.4, -0.2) is 55.7 Å². The van der Waals surface area contributed by atoms with Crippen molar-refractivity contribution >= 4 is 5.97 Å². The van der Waals surface area contributed by atoms with E-state index in [-0.39, 0.29) is 12.0 Å². The van der Waals surface area contributed by atoms with Gasteiger partial charge in [0.1, 0.15) is 6.04 Å². The summed E-state index contributed by atoms with van der Waals surface area (Å²) in [7, 11) is 0. The largest absolute Gasteiger partial charge is 0.464 e. The maximum Gasteiger partial charge on any atom is 0.323 e. The molecule has 2 fully saturated rings. The molecule has 2 aliphatic rings. The molecule has 2 aliphatic heterocycles. The van der Waals surface area contributed by atoms with Crippen LogP contribution in [0, 0.1) is 0 Å². The third-order valence-corrected chi connectivity index (χ3v) is 3.20. The lowest BCUT2D eigenvalue weighted by Gasteiger charge is -2.31. The molecule has 0 amide bonds. The van der Waals surface area contributed by atoms with Gasteiger partial charge in [-0.1, -0.05) is 0 Å². The van der Waals surface area contributed by atoms with Gasteiger partial charge in [0.25, 0.3) is 0 Å². The number of carbonyl (C=O) groups excluding carboxylic acids is 1. The van der Waals surface area contributed by atoms with Crippen LogP contribution in [0.3, 0.4) is 0 Å². The first-order chi connectivity index (χ1) is 7.33. The highest BCUT2D eigenvalue weighted by molar-refractivity contribution is 5.77. The summed E-state index contributed by atoms with van der Waals surface area (Å²) in [6.45, 7) is 3.94. The van der Waals surface area contributed by atoms with Crippen molar-refractivity contribution in [3.63, 3.8) is 0 Å². The minimum absolute atomic E-state index is 0.0570. The molecule has 86 valence electrons. The van der Waals surface area contributed by atoms with Gasteiger partial charge in [0, 0.05) is 32.1 Å². The SMILES string of the molecule is NCCN(C1CCNC1)C1CCOC1=O. The molecule has 5 nitrogen and oxygen atoms in total. The predicted molar refractivity (Wildman–Crippen MR) is 56.4 cm³/mol. The first-order valence-corrected chi connectivity index (χ1v) is 5.66. The van der Waals surface area contributed by atoms with E-state index in [4.69, 9.17) is 10.5 Å². The average molecular weight is 213 g/mol. The summed E-state index contributed by atoms with van der Waals surface area (Å²) >= 11 is 0. The van der Waals surface area contributed by atoms with Crippen molar-refractivity contribution in [3.8, 4) is 0 Å². The van der Waals surface area contributed by atoms with Crippen LogP contribution in [0.4, 0.5) is 0 Å². The summed E-state index contributed by atoms with van der Waals surface area (Å²) in [6.07, 6.45) is 1.92. The maximum absolute atomic E-state index is 11.5. The van der Waals surface area contributed by atoms with Gasteiger partial charge >= 0.3 is 5.97 Å². The molecular weight excluding hydrogens is 194 g/mol. The van der Waals surface area contributed by atoms with E-state index in [1.165, 1.54) is 0 Å². The molecule has 0 aliphatic carbocycles. The van der Waals surface area contributed by atoms with Crippen LogP contribution in [0.1, 0.15) is 12.8 Å². The smallest absolute Gasteiger partial charge is 0.323 e. The first-order valence-electron chi connectivity index (χ1n) is 5.66. The van der Waals surface area contributed by atoms with Gasteiger partial charge in [-0.05, 0) is 13.0 Å². The highest BCUT2D eigenvalue weighted by Gasteiger charge is 2.36. The standard InChI is InChI=1S/C10H19N3O2/c11-3-5-13(8-1-4-12-7-8)9-2-6-15-10(9)14/h8-9,12H,1-7,11H2. The van der Waals surface area contributed by atoms with E-state index >= 15 is 0 Å². The van der Waals surface area contributed by atoms with Crippen molar-refractivity contribution in [1.29, 1.82) is 0 Å². The minimum Gasteiger partial charge on any atom is -0.464 e. The fraction of sp³-hybridized carbons (Fsp3) is 0.900. The molecule has 0 aromatic heterocycles. The molecular formula is C10H19N3O2. The average Bonchev–Trinajstić information content (AvgIpc) is 2.85. The molecule has 0 bridgehead atoms. The molecule has 2 unspecified atom stereocenters. The molecule has 15 heavy (non-hydrogen) atoms. The summed E-state index contributed by atoms with van der Waals surface area (Å²) in [5.41, 5.74) is 5.60. The fourth-order valence-corrected chi connectivity index (χ4v) is 2.45. The molecule has 0 saturated carbocycles.